The van der Waals surface area contributed by atoms with Crippen molar-refractivity contribution in [2.24, 2.45) is 0 Å². The average molecular weight is 368 g/mol. The van der Waals surface area contributed by atoms with Gasteiger partial charge in [-0.3, -0.25) is 4.79 Å². The van der Waals surface area contributed by atoms with E-state index in [9.17, 15) is 4.79 Å². The fourth-order valence-corrected chi connectivity index (χ4v) is 3.08. The van der Waals surface area contributed by atoms with Crippen LogP contribution in [0.15, 0.2) is 30.3 Å². The summed E-state index contributed by atoms with van der Waals surface area (Å²) in [6, 6.07) is 9.69. The lowest BCUT2D eigenvalue weighted by Gasteiger charge is -2.17. The highest BCUT2D eigenvalue weighted by Crippen LogP contribution is 2.22. The number of carbonyl (C=O) groups is 1. The van der Waals surface area contributed by atoms with Crippen LogP contribution in [0.2, 0.25) is 0 Å². The number of nitrogens with one attached hydrogen (secondary N) is 2. The molecule has 0 saturated carbocycles. The maximum absolute atomic E-state index is 12.6. The molecule has 1 amide bonds. The Balaban J connectivity index is 1.63. The number of hydrogen-bond acceptors (Lipinski definition) is 6. The number of carbonyl (C=O) groups excluding carboxylic acids is 1. The minimum absolute atomic E-state index is 0.231. The molecule has 7 nitrogen and oxygen atoms in total. The number of benzene rings is 1. The first kappa shape index (κ1) is 19.1. The Kier molecular flexibility index (Phi) is 6.24. The average Bonchev–Trinajstić information content (AvgIpc) is 3.16. The summed E-state index contributed by atoms with van der Waals surface area (Å²) in [4.78, 5) is 25.7. The van der Waals surface area contributed by atoms with Gasteiger partial charge in [0.05, 0.1) is 0 Å². The molecule has 0 bridgehead atoms. The molecule has 0 spiro atoms. The third-order valence-corrected chi connectivity index (χ3v) is 4.53. The number of hydrogen-bond donors (Lipinski definition) is 2. The van der Waals surface area contributed by atoms with Crippen molar-refractivity contribution in [3.63, 3.8) is 0 Å². The molecule has 1 saturated heterocycles. The minimum Gasteiger partial charge on any atom is -0.372 e. The lowest BCUT2D eigenvalue weighted by atomic mass is 10.2. The zero-order valence-electron chi connectivity index (χ0n) is 16.3. The van der Waals surface area contributed by atoms with Gasteiger partial charge in [-0.15, -0.1) is 0 Å². The van der Waals surface area contributed by atoms with Crippen LogP contribution in [0.5, 0.6) is 0 Å². The van der Waals surface area contributed by atoms with Crippen LogP contribution in [-0.2, 0) is 0 Å². The van der Waals surface area contributed by atoms with Gasteiger partial charge in [-0.25, -0.2) is 9.97 Å². The largest absolute Gasteiger partial charge is 0.372 e. The van der Waals surface area contributed by atoms with E-state index in [0.717, 1.165) is 37.6 Å². The zero-order chi connectivity index (χ0) is 19.2. The standard InChI is InChI=1S/C20H28N6O/c1-15-14-18(24-20(22-15)21-10-13-25(2)3)19(27)23-16-6-8-17(9-7-16)26-11-4-5-12-26/h6-9,14H,4-5,10-13H2,1-3H3,(H,23,27)(H,21,22,24). The number of rotatable bonds is 7. The number of aromatic nitrogens is 2. The van der Waals surface area contributed by atoms with Crippen molar-refractivity contribution in [1.82, 2.24) is 14.9 Å². The molecule has 0 atom stereocenters. The van der Waals surface area contributed by atoms with Crippen molar-refractivity contribution in [3.05, 3.63) is 41.7 Å². The molecule has 1 aromatic heterocycles. The summed E-state index contributed by atoms with van der Waals surface area (Å²) in [5.74, 6) is 0.247. The molecular formula is C20H28N6O. The zero-order valence-corrected chi connectivity index (χ0v) is 16.3. The topological polar surface area (TPSA) is 73.4 Å². The van der Waals surface area contributed by atoms with Crippen LogP contribution < -0.4 is 15.5 Å². The highest BCUT2D eigenvalue weighted by atomic mass is 16.1. The Morgan fingerprint density at radius 1 is 1.15 bits per heavy atom. The van der Waals surface area contributed by atoms with E-state index in [0.29, 0.717) is 11.6 Å². The molecule has 1 aromatic carbocycles. The first-order valence-corrected chi connectivity index (χ1v) is 9.42. The van der Waals surface area contributed by atoms with Crippen LogP contribution in [0.4, 0.5) is 17.3 Å². The second kappa shape index (κ2) is 8.81. The van der Waals surface area contributed by atoms with Crippen molar-refractivity contribution in [3.8, 4) is 0 Å². The van der Waals surface area contributed by atoms with Crippen LogP contribution in [0, 0.1) is 6.92 Å². The summed E-state index contributed by atoms with van der Waals surface area (Å²) in [7, 11) is 4.01. The highest BCUT2D eigenvalue weighted by Gasteiger charge is 2.14. The molecule has 27 heavy (non-hydrogen) atoms. The normalized spacial score (nSPS) is 13.9. The molecule has 3 rings (SSSR count). The molecule has 1 aliphatic rings. The summed E-state index contributed by atoms with van der Waals surface area (Å²) in [5.41, 5.74) is 3.09. The molecule has 0 radical (unpaired) electrons. The molecule has 2 heterocycles. The Morgan fingerprint density at radius 3 is 2.52 bits per heavy atom. The Bertz CT molecular complexity index is 769. The third-order valence-electron chi connectivity index (χ3n) is 4.53. The lowest BCUT2D eigenvalue weighted by molar-refractivity contribution is 0.102. The van der Waals surface area contributed by atoms with Crippen LogP contribution in [0.25, 0.3) is 0 Å². The van der Waals surface area contributed by atoms with E-state index < -0.39 is 0 Å². The van der Waals surface area contributed by atoms with Crippen LogP contribution >= 0.6 is 0 Å². The van der Waals surface area contributed by atoms with Crippen molar-refractivity contribution < 1.29 is 4.79 Å². The number of likely N-dealkylation sites (N-methyl/N-ethyl adjacent to an activating group) is 1. The van der Waals surface area contributed by atoms with Gasteiger partial charge in [0.1, 0.15) is 5.69 Å². The summed E-state index contributed by atoms with van der Waals surface area (Å²) in [5, 5.41) is 6.09. The van der Waals surface area contributed by atoms with Gasteiger partial charge in [0, 0.05) is 43.2 Å². The number of aryl methyl sites for hydroxylation is 1. The SMILES string of the molecule is Cc1cc(C(=O)Nc2ccc(N3CCCC3)cc2)nc(NCCN(C)C)n1. The molecule has 0 unspecified atom stereocenters. The van der Waals surface area contributed by atoms with E-state index in [1.165, 1.54) is 18.5 Å². The van der Waals surface area contributed by atoms with Crippen LogP contribution in [-0.4, -0.2) is 61.0 Å². The van der Waals surface area contributed by atoms with Crippen molar-refractivity contribution >= 4 is 23.2 Å². The van der Waals surface area contributed by atoms with Gasteiger partial charge in [-0.1, -0.05) is 0 Å². The molecule has 2 N–H and O–H groups in total. The molecular weight excluding hydrogens is 340 g/mol. The van der Waals surface area contributed by atoms with Gasteiger partial charge in [-0.2, -0.15) is 0 Å². The molecule has 1 fully saturated rings. The maximum atomic E-state index is 12.6. The number of anilines is 3. The van der Waals surface area contributed by atoms with Crippen LogP contribution in [0.3, 0.4) is 0 Å². The van der Waals surface area contributed by atoms with E-state index in [-0.39, 0.29) is 5.91 Å². The van der Waals surface area contributed by atoms with Gasteiger partial charge in [0.2, 0.25) is 5.95 Å². The predicted octanol–water partition coefficient (Wildman–Crippen LogP) is 2.61. The summed E-state index contributed by atoms with van der Waals surface area (Å²) >= 11 is 0. The van der Waals surface area contributed by atoms with E-state index in [1.807, 2.05) is 33.2 Å². The smallest absolute Gasteiger partial charge is 0.274 e. The fraction of sp³-hybridized carbons (Fsp3) is 0.450. The highest BCUT2D eigenvalue weighted by molar-refractivity contribution is 6.03. The monoisotopic (exact) mass is 368 g/mol. The van der Waals surface area contributed by atoms with Crippen LogP contribution in [0.1, 0.15) is 29.0 Å². The fourth-order valence-electron chi connectivity index (χ4n) is 3.08. The third kappa shape index (κ3) is 5.40. The number of amides is 1. The van der Waals surface area contributed by atoms with E-state index in [2.05, 4.69) is 42.5 Å². The van der Waals surface area contributed by atoms with Gasteiger partial charge in [-0.05, 0) is 64.2 Å². The first-order valence-electron chi connectivity index (χ1n) is 9.42. The molecule has 7 heteroatoms. The Morgan fingerprint density at radius 2 is 1.85 bits per heavy atom. The van der Waals surface area contributed by atoms with Crippen molar-refractivity contribution in [1.29, 1.82) is 0 Å². The van der Waals surface area contributed by atoms with Gasteiger partial charge in [0.15, 0.2) is 0 Å². The molecule has 1 aliphatic heterocycles. The van der Waals surface area contributed by atoms with E-state index >= 15 is 0 Å². The van der Waals surface area contributed by atoms with Crippen molar-refractivity contribution in [2.45, 2.75) is 19.8 Å². The Hall–Kier alpha value is -2.67. The second-order valence-corrected chi connectivity index (χ2v) is 7.14. The summed E-state index contributed by atoms with van der Waals surface area (Å²) < 4.78 is 0. The summed E-state index contributed by atoms with van der Waals surface area (Å²) in [6.45, 7) is 5.66. The Labute approximate surface area is 160 Å². The van der Waals surface area contributed by atoms with E-state index in [4.69, 9.17) is 0 Å². The first-order chi connectivity index (χ1) is 13.0. The van der Waals surface area contributed by atoms with Crippen molar-refractivity contribution in [2.75, 3.05) is 55.8 Å². The second-order valence-electron chi connectivity index (χ2n) is 7.14. The predicted molar refractivity (Wildman–Crippen MR) is 110 cm³/mol. The molecule has 144 valence electrons. The summed E-state index contributed by atoms with van der Waals surface area (Å²) in [6.07, 6.45) is 2.49. The lowest BCUT2D eigenvalue weighted by Crippen LogP contribution is -2.22. The quantitative estimate of drug-likeness (QED) is 0.783. The molecule has 2 aromatic rings. The van der Waals surface area contributed by atoms with Gasteiger partial charge in [0.25, 0.3) is 5.91 Å². The number of nitrogens with zero attached hydrogens (tertiary/aromatic N) is 4. The minimum atomic E-state index is -0.231. The van der Waals surface area contributed by atoms with Gasteiger partial charge >= 0.3 is 0 Å². The van der Waals surface area contributed by atoms with E-state index in [1.54, 1.807) is 6.07 Å². The molecule has 0 aliphatic carbocycles. The van der Waals surface area contributed by atoms with Gasteiger partial charge < -0.3 is 20.4 Å². The maximum Gasteiger partial charge on any atom is 0.274 e.